The highest BCUT2D eigenvalue weighted by Crippen LogP contribution is 2.44. The van der Waals surface area contributed by atoms with Gasteiger partial charge in [-0.05, 0) is 24.6 Å². The first kappa shape index (κ1) is 18.8. The van der Waals surface area contributed by atoms with Crippen LogP contribution in [0.25, 0.3) is 5.70 Å². The van der Waals surface area contributed by atoms with Crippen LogP contribution in [-0.2, 0) is 4.79 Å². The van der Waals surface area contributed by atoms with Gasteiger partial charge in [-0.15, -0.1) is 5.10 Å². The van der Waals surface area contributed by atoms with Crippen molar-refractivity contribution in [1.82, 2.24) is 10.3 Å². The molecule has 1 atom stereocenters. The van der Waals surface area contributed by atoms with Crippen molar-refractivity contribution in [2.24, 2.45) is 10.1 Å². The molecule has 2 aromatic rings. The van der Waals surface area contributed by atoms with Crippen molar-refractivity contribution in [3.8, 4) is 17.2 Å². The largest absolute Gasteiger partial charge is 0.493 e. The summed E-state index contributed by atoms with van der Waals surface area (Å²) in [4.78, 5) is 18.0. The molecule has 0 aromatic heterocycles. The first-order chi connectivity index (χ1) is 14.7. The number of thioether (sulfide) groups is 1. The van der Waals surface area contributed by atoms with E-state index in [1.807, 2.05) is 36.4 Å². The summed E-state index contributed by atoms with van der Waals surface area (Å²) in [6.07, 6.45) is 0.438. The maximum Gasteiger partial charge on any atom is 0.276 e. The summed E-state index contributed by atoms with van der Waals surface area (Å²) in [6.45, 7) is 2.23. The molecule has 1 N–H and O–H groups in total. The first-order valence-electron chi connectivity index (χ1n) is 9.66. The Bertz CT molecular complexity index is 1180. The van der Waals surface area contributed by atoms with Gasteiger partial charge in [-0.3, -0.25) is 15.1 Å². The Hall–Kier alpha value is -3.20. The van der Waals surface area contributed by atoms with Crippen LogP contribution >= 0.6 is 11.8 Å². The summed E-state index contributed by atoms with van der Waals surface area (Å²) in [5, 5.41) is 11.4. The lowest BCUT2D eigenvalue weighted by Gasteiger charge is -2.34. The summed E-state index contributed by atoms with van der Waals surface area (Å²) in [7, 11) is 1.58. The van der Waals surface area contributed by atoms with Gasteiger partial charge in [-0.25, -0.2) is 5.01 Å². The minimum Gasteiger partial charge on any atom is -0.493 e. The average molecular weight is 424 g/mol. The molecular weight excluding hydrogens is 404 g/mol. The Balaban J connectivity index is 1.69. The average Bonchev–Trinajstić information content (AvgIpc) is 3.25. The second-order valence-electron chi connectivity index (χ2n) is 6.88. The van der Waals surface area contributed by atoms with E-state index in [1.165, 1.54) is 11.8 Å². The van der Waals surface area contributed by atoms with Crippen LogP contribution in [0.3, 0.4) is 0 Å². The van der Waals surface area contributed by atoms with Crippen LogP contribution in [0.2, 0.25) is 0 Å². The van der Waals surface area contributed by atoms with Gasteiger partial charge in [0.05, 0.1) is 12.5 Å². The smallest absolute Gasteiger partial charge is 0.276 e. The molecular formula is C21H20N4O4S. The number of nitrogens with zero attached hydrogens (tertiary/aromatic N) is 3. The third-order valence-corrected chi connectivity index (χ3v) is 6.01. The third-order valence-electron chi connectivity index (χ3n) is 4.94. The number of hydrogen-bond acceptors (Lipinski definition) is 8. The van der Waals surface area contributed by atoms with Gasteiger partial charge in [0, 0.05) is 16.5 Å². The van der Waals surface area contributed by atoms with E-state index in [2.05, 4.69) is 12.2 Å². The molecule has 0 saturated carbocycles. The number of ether oxygens (including phenoxy) is 3. The minimum absolute atomic E-state index is 0.138. The molecule has 5 rings (SSSR count). The number of hydrogen-bond donors (Lipinski definition) is 1. The van der Waals surface area contributed by atoms with Gasteiger partial charge < -0.3 is 14.2 Å². The van der Waals surface area contributed by atoms with Crippen molar-refractivity contribution in [2.45, 2.75) is 19.5 Å². The summed E-state index contributed by atoms with van der Waals surface area (Å²) in [5.41, 5.74) is 1.27. The SMILES string of the molecule is CCCSC1=NN2C(=c3ccccc3=N[C@@H]2c2cc(OC)c3c(c2)OCO3)C(=O)N1. The van der Waals surface area contributed by atoms with Crippen LogP contribution in [0.1, 0.15) is 25.1 Å². The second kappa shape index (κ2) is 7.56. The van der Waals surface area contributed by atoms with E-state index in [0.717, 1.165) is 28.3 Å². The summed E-state index contributed by atoms with van der Waals surface area (Å²) in [5.74, 6) is 2.38. The summed E-state index contributed by atoms with van der Waals surface area (Å²) >= 11 is 1.52. The molecule has 0 aliphatic carbocycles. The lowest BCUT2D eigenvalue weighted by atomic mass is 10.1. The molecule has 8 nitrogen and oxygen atoms in total. The third kappa shape index (κ3) is 3.06. The maximum atomic E-state index is 13.1. The van der Waals surface area contributed by atoms with Gasteiger partial charge >= 0.3 is 0 Å². The number of amidine groups is 1. The predicted octanol–water partition coefficient (Wildman–Crippen LogP) is 1.71. The molecule has 0 fully saturated rings. The molecule has 0 bridgehead atoms. The van der Waals surface area contributed by atoms with E-state index in [4.69, 9.17) is 24.3 Å². The molecule has 0 radical (unpaired) electrons. The molecule has 9 heteroatoms. The van der Waals surface area contributed by atoms with Crippen molar-refractivity contribution in [2.75, 3.05) is 19.7 Å². The van der Waals surface area contributed by atoms with E-state index >= 15 is 0 Å². The summed E-state index contributed by atoms with van der Waals surface area (Å²) in [6, 6.07) is 11.3. The fourth-order valence-corrected chi connectivity index (χ4v) is 4.32. The second-order valence-corrected chi connectivity index (χ2v) is 7.96. The van der Waals surface area contributed by atoms with Crippen molar-refractivity contribution in [1.29, 1.82) is 0 Å². The fraction of sp³-hybridized carbons (Fsp3) is 0.286. The monoisotopic (exact) mass is 424 g/mol. The highest BCUT2D eigenvalue weighted by Gasteiger charge is 2.35. The number of amides is 1. The van der Waals surface area contributed by atoms with Crippen LogP contribution in [0, 0.1) is 0 Å². The molecule has 3 aliphatic rings. The van der Waals surface area contributed by atoms with E-state index in [9.17, 15) is 4.79 Å². The number of rotatable bonds is 4. The van der Waals surface area contributed by atoms with E-state index in [0.29, 0.717) is 28.1 Å². The van der Waals surface area contributed by atoms with Gasteiger partial charge in [-0.2, -0.15) is 0 Å². The van der Waals surface area contributed by atoms with Gasteiger partial charge in [-0.1, -0.05) is 36.9 Å². The van der Waals surface area contributed by atoms with Crippen LogP contribution in [0.15, 0.2) is 46.5 Å². The zero-order valence-corrected chi connectivity index (χ0v) is 17.4. The molecule has 1 amide bonds. The van der Waals surface area contributed by atoms with E-state index in [1.54, 1.807) is 12.1 Å². The highest BCUT2D eigenvalue weighted by molar-refractivity contribution is 8.13. The Morgan fingerprint density at radius 2 is 2.17 bits per heavy atom. The van der Waals surface area contributed by atoms with Crippen LogP contribution in [0.4, 0.5) is 0 Å². The maximum absolute atomic E-state index is 13.1. The van der Waals surface area contributed by atoms with Gasteiger partial charge in [0.2, 0.25) is 12.5 Å². The lowest BCUT2D eigenvalue weighted by molar-refractivity contribution is -0.116. The van der Waals surface area contributed by atoms with Gasteiger partial charge in [0.15, 0.2) is 22.8 Å². The minimum atomic E-state index is -0.540. The van der Waals surface area contributed by atoms with E-state index in [-0.39, 0.29) is 12.7 Å². The topological polar surface area (TPSA) is 84.8 Å². The fourth-order valence-electron chi connectivity index (χ4n) is 3.61. The Morgan fingerprint density at radius 3 is 3.00 bits per heavy atom. The number of carbonyl (C=O) groups is 1. The lowest BCUT2D eigenvalue weighted by Crippen LogP contribution is -2.50. The molecule has 3 aliphatic heterocycles. The number of carbonyl (C=O) groups excluding carboxylic acids is 1. The van der Waals surface area contributed by atoms with Crippen LogP contribution in [0.5, 0.6) is 17.2 Å². The number of benzene rings is 2. The zero-order valence-electron chi connectivity index (χ0n) is 16.5. The summed E-state index contributed by atoms with van der Waals surface area (Å²) < 4.78 is 16.6. The van der Waals surface area contributed by atoms with Crippen molar-refractivity contribution in [3.63, 3.8) is 0 Å². The van der Waals surface area contributed by atoms with Crippen molar-refractivity contribution < 1.29 is 19.0 Å². The molecule has 3 heterocycles. The first-order valence-corrected chi connectivity index (χ1v) is 10.6. The number of nitrogens with one attached hydrogen (secondary N) is 1. The van der Waals surface area contributed by atoms with Crippen LogP contribution in [-0.4, -0.2) is 35.7 Å². The Labute approximate surface area is 177 Å². The molecule has 30 heavy (non-hydrogen) atoms. The molecule has 0 saturated heterocycles. The highest BCUT2D eigenvalue weighted by atomic mass is 32.2. The molecule has 2 aromatic carbocycles. The molecule has 0 spiro atoms. The number of methoxy groups -OCH3 is 1. The zero-order chi connectivity index (χ0) is 20.7. The predicted molar refractivity (Wildman–Crippen MR) is 113 cm³/mol. The van der Waals surface area contributed by atoms with Crippen molar-refractivity contribution >= 4 is 28.5 Å². The Morgan fingerprint density at radius 1 is 1.30 bits per heavy atom. The normalized spacial score (nSPS) is 18.8. The van der Waals surface area contributed by atoms with E-state index < -0.39 is 6.17 Å². The molecule has 154 valence electrons. The Kier molecular flexibility index (Phi) is 4.74. The van der Waals surface area contributed by atoms with Crippen LogP contribution < -0.4 is 30.1 Å². The molecule has 0 unspecified atom stereocenters. The van der Waals surface area contributed by atoms with Crippen molar-refractivity contribution in [3.05, 3.63) is 52.5 Å². The quantitative estimate of drug-likeness (QED) is 0.805. The standard InChI is InChI=1S/C21H20N4O4S/c1-3-8-30-21-23-20(26)17-13-6-4-5-7-14(13)22-19(25(17)24-21)12-9-15(27-2)18-16(10-12)28-11-29-18/h4-7,9-10,19H,3,8,11H2,1-2H3,(H,23,24,26)/t19-/m0/s1. The number of para-hydroxylation sites is 1. The van der Waals surface area contributed by atoms with Gasteiger partial charge in [0.25, 0.3) is 5.91 Å². The number of fused-ring (bicyclic) bond motifs is 3. The number of hydrazone groups is 1. The van der Waals surface area contributed by atoms with Gasteiger partial charge in [0.1, 0.15) is 5.70 Å².